The van der Waals surface area contributed by atoms with Crippen molar-refractivity contribution in [1.82, 2.24) is 42.5 Å². The molecule has 0 aliphatic carbocycles. The van der Waals surface area contributed by atoms with Gasteiger partial charge in [-0.2, -0.15) is 0 Å². The van der Waals surface area contributed by atoms with Gasteiger partial charge in [-0.3, -0.25) is 57.5 Å². The maximum atomic E-state index is 13.7. The molecule has 0 spiro atoms. The Morgan fingerprint density at radius 2 is 1.00 bits per heavy atom. The summed E-state index contributed by atoms with van der Waals surface area (Å²) < 4.78 is 0. The number of hydrogen-bond acceptors (Lipinski definition) is 14. The maximum Gasteiger partial charge on any atom is 0.326 e. The standard InChI is InChI=1S/C42H62N10O17/c1-6-20(4)34(42(68)69)52-41(67)28(17-33(59)60)51-39(65)25(13-22-10-8-7-9-11-22)48-35(61)21(5)46-38(64)24(12-19(2)3)50-40(66)27(16-32(57)58)47-30(54)18-45-37(63)26(15-29(44)53)49-36(62)23(43)14-31(55)56/h7-11,19-21,23-28,34H,6,12-18,43H2,1-5H3,(H2,44,53)(H,45,63)(H,46,64)(H,47,54)(H,48,61)(H,49,62)(H,50,66)(H,51,65)(H,52,67)(H,55,56)(H,57,58)(H,59,60)(H,68,69)/t20-,21-,23-,24-,25-,26-,27-,28-,34-/m0/s1. The van der Waals surface area contributed by atoms with E-state index < -0.39 is 164 Å². The van der Waals surface area contributed by atoms with E-state index in [2.05, 4.69) is 37.2 Å². The second-order valence-electron chi connectivity index (χ2n) is 16.4. The molecule has 69 heavy (non-hydrogen) atoms. The van der Waals surface area contributed by atoms with E-state index in [0.717, 1.165) is 0 Å². The smallest absolute Gasteiger partial charge is 0.326 e. The molecule has 1 aromatic rings. The zero-order valence-corrected chi connectivity index (χ0v) is 38.6. The Morgan fingerprint density at radius 3 is 1.51 bits per heavy atom. The summed E-state index contributed by atoms with van der Waals surface area (Å²) in [7, 11) is 0. The van der Waals surface area contributed by atoms with Crippen LogP contribution < -0.4 is 54.0 Å². The summed E-state index contributed by atoms with van der Waals surface area (Å²) in [6.45, 7) is 6.79. The number of carbonyl (C=O) groups excluding carboxylic acids is 9. The number of benzene rings is 1. The molecule has 0 radical (unpaired) electrons. The highest BCUT2D eigenvalue weighted by Crippen LogP contribution is 2.11. The van der Waals surface area contributed by atoms with Crippen molar-refractivity contribution in [3.63, 3.8) is 0 Å². The normalized spacial score (nSPS) is 14.8. The fourth-order valence-electron chi connectivity index (χ4n) is 6.19. The van der Waals surface area contributed by atoms with Gasteiger partial charge in [0, 0.05) is 6.42 Å². The summed E-state index contributed by atoms with van der Waals surface area (Å²) in [4.78, 5) is 163. The molecular formula is C42H62N10O17. The molecule has 0 aliphatic rings. The average Bonchev–Trinajstić information content (AvgIpc) is 3.24. The zero-order valence-electron chi connectivity index (χ0n) is 38.6. The second kappa shape index (κ2) is 29.1. The van der Waals surface area contributed by atoms with Crippen LogP contribution in [0.4, 0.5) is 0 Å². The minimum atomic E-state index is -1.88. The molecule has 0 unspecified atom stereocenters. The Balaban J connectivity index is 3.25. The second-order valence-corrected chi connectivity index (χ2v) is 16.4. The third-order valence-corrected chi connectivity index (χ3v) is 10.0. The van der Waals surface area contributed by atoms with Crippen molar-refractivity contribution in [3.05, 3.63) is 35.9 Å². The first-order valence-corrected chi connectivity index (χ1v) is 21.5. The number of nitrogens with one attached hydrogen (secondary N) is 8. The van der Waals surface area contributed by atoms with Gasteiger partial charge >= 0.3 is 23.9 Å². The Morgan fingerprint density at radius 1 is 0.536 bits per heavy atom. The molecule has 0 fully saturated rings. The van der Waals surface area contributed by atoms with Gasteiger partial charge in [-0.15, -0.1) is 0 Å². The quantitative estimate of drug-likeness (QED) is 0.0334. The lowest BCUT2D eigenvalue weighted by Crippen LogP contribution is -2.60. The molecule has 0 heterocycles. The SMILES string of the molecule is CC[C@H](C)[C@H](NC(=O)[C@H](CC(=O)O)NC(=O)[C@H](Cc1ccccc1)NC(=O)[C@H](C)NC(=O)[C@H](CC(C)C)NC(=O)[C@H](CC(=O)O)NC(=O)CNC(=O)[C@H](CC(N)=O)NC(=O)[C@@H](N)CC(=O)O)C(=O)O. The number of carboxylic acid groups (broad SMARTS) is 4. The molecule has 0 bridgehead atoms. The van der Waals surface area contributed by atoms with E-state index >= 15 is 0 Å². The van der Waals surface area contributed by atoms with Crippen LogP contribution in [0.2, 0.25) is 0 Å². The van der Waals surface area contributed by atoms with E-state index in [0.29, 0.717) is 12.0 Å². The summed E-state index contributed by atoms with van der Waals surface area (Å²) in [5, 5.41) is 55.5. The predicted molar refractivity (Wildman–Crippen MR) is 237 cm³/mol. The average molecular weight is 979 g/mol. The van der Waals surface area contributed by atoms with Crippen molar-refractivity contribution in [2.24, 2.45) is 23.3 Å². The van der Waals surface area contributed by atoms with Crippen molar-refractivity contribution in [3.8, 4) is 0 Å². The fraction of sp³-hybridized carbons (Fsp3) is 0.548. The number of carboxylic acids is 4. The largest absolute Gasteiger partial charge is 0.481 e. The van der Waals surface area contributed by atoms with Gasteiger partial charge in [0.2, 0.25) is 53.2 Å². The Hall–Kier alpha value is -7.71. The van der Waals surface area contributed by atoms with E-state index in [1.54, 1.807) is 58.0 Å². The Labute approximate surface area is 395 Å². The van der Waals surface area contributed by atoms with Crippen molar-refractivity contribution < 1.29 is 82.8 Å². The molecular weight excluding hydrogens is 917 g/mol. The summed E-state index contributed by atoms with van der Waals surface area (Å²) in [6, 6.07) is -4.77. The van der Waals surface area contributed by atoms with Gasteiger partial charge < -0.3 is 74.4 Å². The summed E-state index contributed by atoms with van der Waals surface area (Å²) >= 11 is 0. The van der Waals surface area contributed by atoms with Crippen LogP contribution in [-0.4, -0.2) is 152 Å². The molecule has 0 saturated carbocycles. The lowest BCUT2D eigenvalue weighted by molar-refractivity contribution is -0.145. The monoisotopic (exact) mass is 978 g/mol. The lowest BCUT2D eigenvalue weighted by Gasteiger charge is -2.27. The molecule has 1 aromatic carbocycles. The maximum absolute atomic E-state index is 13.7. The number of nitrogens with two attached hydrogens (primary N) is 2. The van der Waals surface area contributed by atoms with Crippen LogP contribution in [-0.2, 0) is 68.7 Å². The molecule has 27 heteroatoms. The first kappa shape index (κ1) is 59.3. The van der Waals surface area contributed by atoms with Crippen LogP contribution in [0.15, 0.2) is 30.3 Å². The third-order valence-electron chi connectivity index (χ3n) is 10.0. The minimum Gasteiger partial charge on any atom is -0.481 e. The van der Waals surface area contributed by atoms with Crippen LogP contribution in [0.25, 0.3) is 0 Å². The van der Waals surface area contributed by atoms with Gasteiger partial charge in [-0.1, -0.05) is 64.4 Å². The zero-order chi connectivity index (χ0) is 52.7. The third kappa shape index (κ3) is 22.6. The Bertz CT molecular complexity index is 2050. The van der Waals surface area contributed by atoms with E-state index in [1.165, 1.54) is 6.92 Å². The van der Waals surface area contributed by atoms with E-state index in [9.17, 15) is 77.6 Å². The van der Waals surface area contributed by atoms with Crippen LogP contribution in [0.3, 0.4) is 0 Å². The number of rotatable bonds is 31. The number of amides is 9. The van der Waals surface area contributed by atoms with Gasteiger partial charge in [-0.05, 0) is 30.7 Å². The number of carbonyl (C=O) groups is 13. The van der Waals surface area contributed by atoms with E-state index in [-0.39, 0.29) is 18.8 Å². The highest BCUT2D eigenvalue weighted by molar-refractivity contribution is 5.99. The predicted octanol–water partition coefficient (Wildman–Crippen LogP) is -4.44. The van der Waals surface area contributed by atoms with Crippen LogP contribution in [0.5, 0.6) is 0 Å². The highest BCUT2D eigenvalue weighted by atomic mass is 16.4. The van der Waals surface area contributed by atoms with Gasteiger partial charge in [0.1, 0.15) is 42.3 Å². The van der Waals surface area contributed by atoms with Crippen LogP contribution >= 0.6 is 0 Å². The highest BCUT2D eigenvalue weighted by Gasteiger charge is 2.35. The Kier molecular flexibility index (Phi) is 25.0. The molecule has 1 rings (SSSR count). The molecule has 0 aliphatic heterocycles. The number of hydrogen-bond donors (Lipinski definition) is 14. The van der Waals surface area contributed by atoms with Gasteiger partial charge in [0.25, 0.3) is 0 Å². The minimum absolute atomic E-state index is 0.107. The van der Waals surface area contributed by atoms with Gasteiger partial charge in [-0.25, -0.2) is 4.79 Å². The fourth-order valence-corrected chi connectivity index (χ4v) is 6.19. The lowest BCUT2D eigenvalue weighted by atomic mass is 9.98. The topological polar surface area (TPSA) is 451 Å². The van der Waals surface area contributed by atoms with Crippen molar-refractivity contribution >= 4 is 77.0 Å². The molecule has 382 valence electrons. The number of aliphatic carboxylic acids is 4. The van der Waals surface area contributed by atoms with Gasteiger partial charge in [0.05, 0.1) is 38.3 Å². The summed E-state index contributed by atoms with van der Waals surface area (Å²) in [6.07, 6.45) is -3.64. The molecule has 0 aromatic heterocycles. The summed E-state index contributed by atoms with van der Waals surface area (Å²) in [5.41, 5.74) is 11.1. The first-order chi connectivity index (χ1) is 32.1. The van der Waals surface area contributed by atoms with Crippen molar-refractivity contribution in [2.75, 3.05) is 6.54 Å². The van der Waals surface area contributed by atoms with E-state index in [4.69, 9.17) is 16.6 Å². The van der Waals surface area contributed by atoms with Crippen LogP contribution in [0.1, 0.15) is 78.7 Å². The molecule has 9 atom stereocenters. The summed E-state index contributed by atoms with van der Waals surface area (Å²) in [5.74, 6) is -16.7. The first-order valence-electron chi connectivity index (χ1n) is 21.5. The van der Waals surface area contributed by atoms with Gasteiger partial charge in [0.15, 0.2) is 0 Å². The van der Waals surface area contributed by atoms with Crippen molar-refractivity contribution in [1.29, 1.82) is 0 Å². The van der Waals surface area contributed by atoms with Crippen LogP contribution in [0, 0.1) is 11.8 Å². The molecule has 27 nitrogen and oxygen atoms in total. The molecule has 0 saturated heterocycles. The molecule has 9 amide bonds. The number of primary amides is 1. The molecule has 16 N–H and O–H groups in total. The van der Waals surface area contributed by atoms with E-state index in [1.807, 2.05) is 5.32 Å². The van der Waals surface area contributed by atoms with Crippen molar-refractivity contribution in [2.45, 2.75) is 128 Å².